The molecule has 1 N–H and O–H groups in total. The van der Waals surface area contributed by atoms with Crippen LogP contribution in [0.3, 0.4) is 0 Å². The van der Waals surface area contributed by atoms with Crippen LogP contribution in [0.25, 0.3) is 0 Å². The second-order valence-electron chi connectivity index (χ2n) is 3.95. The summed E-state index contributed by atoms with van der Waals surface area (Å²) < 4.78 is 10.7. The monoisotopic (exact) mass is 198 g/mol. The van der Waals surface area contributed by atoms with E-state index < -0.39 is 5.79 Å². The minimum absolute atomic E-state index is 0.212. The Labute approximate surface area is 82.5 Å². The minimum atomic E-state index is -1.09. The van der Waals surface area contributed by atoms with Gasteiger partial charge < -0.3 is 14.6 Å². The number of ketones is 1. The van der Waals surface area contributed by atoms with Crippen molar-refractivity contribution < 1.29 is 19.4 Å². The predicted octanol–water partition coefficient (Wildman–Crippen LogP) is 1.17. The van der Waals surface area contributed by atoms with Gasteiger partial charge in [-0.3, -0.25) is 4.79 Å². The third kappa shape index (κ3) is 1.35. The van der Waals surface area contributed by atoms with E-state index in [1.807, 2.05) is 6.92 Å². The van der Waals surface area contributed by atoms with Gasteiger partial charge in [0.05, 0.1) is 19.5 Å². The lowest BCUT2D eigenvalue weighted by molar-refractivity contribution is -0.186. The number of aliphatic hydroxyl groups is 1. The van der Waals surface area contributed by atoms with E-state index in [4.69, 9.17) is 14.6 Å². The van der Waals surface area contributed by atoms with Crippen LogP contribution in [-0.2, 0) is 14.3 Å². The molecule has 1 unspecified atom stereocenters. The van der Waals surface area contributed by atoms with Gasteiger partial charge in [-0.15, -0.1) is 0 Å². The Kier molecular flexibility index (Phi) is 2.33. The van der Waals surface area contributed by atoms with Crippen molar-refractivity contribution >= 4 is 5.78 Å². The van der Waals surface area contributed by atoms with Crippen LogP contribution in [-0.4, -0.2) is 29.9 Å². The predicted molar refractivity (Wildman–Crippen MR) is 48.8 cm³/mol. The summed E-state index contributed by atoms with van der Waals surface area (Å²) in [5.74, 6) is -1.01. The van der Waals surface area contributed by atoms with Crippen molar-refractivity contribution in [3.63, 3.8) is 0 Å². The first kappa shape index (κ1) is 9.68. The lowest BCUT2D eigenvalue weighted by Crippen LogP contribution is -2.46. The maximum atomic E-state index is 11.8. The number of hydrogen-bond acceptors (Lipinski definition) is 4. The highest BCUT2D eigenvalue weighted by Gasteiger charge is 2.49. The molecule has 1 spiro atoms. The summed E-state index contributed by atoms with van der Waals surface area (Å²) in [4.78, 5) is 11.8. The molecule has 0 amide bonds. The molecular weight excluding hydrogens is 184 g/mol. The molecule has 14 heavy (non-hydrogen) atoms. The molecule has 1 aliphatic heterocycles. The third-order valence-corrected chi connectivity index (χ3v) is 2.73. The molecule has 4 heteroatoms. The summed E-state index contributed by atoms with van der Waals surface area (Å²) in [5, 5.41) is 8.93. The second-order valence-corrected chi connectivity index (χ2v) is 3.95. The first-order chi connectivity index (χ1) is 6.68. The molecular formula is C10H14O4. The van der Waals surface area contributed by atoms with Gasteiger partial charge in [-0.25, -0.2) is 0 Å². The summed E-state index contributed by atoms with van der Waals surface area (Å²) >= 11 is 0. The molecule has 1 atom stereocenters. The molecule has 1 aliphatic carbocycles. The van der Waals surface area contributed by atoms with E-state index in [1.54, 1.807) is 0 Å². The quantitative estimate of drug-likeness (QED) is 0.469. The number of Topliss-reactive ketones (excluding diaryl/α,β-unsaturated/α-hetero) is 1. The molecule has 1 saturated carbocycles. The number of carbonyl (C=O) groups is 1. The molecule has 2 fully saturated rings. The standard InChI is InChI=1S/C10H14O4/c1-7-4-8(6-11)9(12)10(5-7)13-2-3-14-10/h6-7,11H,2-5H2,1H3/b8-6+. The van der Waals surface area contributed by atoms with Gasteiger partial charge in [0.2, 0.25) is 11.6 Å². The van der Waals surface area contributed by atoms with Crippen LogP contribution >= 0.6 is 0 Å². The largest absolute Gasteiger partial charge is 0.515 e. The highest BCUT2D eigenvalue weighted by molar-refractivity contribution is 6.01. The summed E-state index contributed by atoms with van der Waals surface area (Å²) in [5.41, 5.74) is 0.408. The maximum Gasteiger partial charge on any atom is 0.233 e. The van der Waals surface area contributed by atoms with Gasteiger partial charge in [0.1, 0.15) is 0 Å². The van der Waals surface area contributed by atoms with E-state index in [9.17, 15) is 4.79 Å². The molecule has 1 saturated heterocycles. The Bertz CT molecular complexity index is 276. The van der Waals surface area contributed by atoms with Crippen molar-refractivity contribution in [2.24, 2.45) is 5.92 Å². The number of rotatable bonds is 0. The van der Waals surface area contributed by atoms with E-state index >= 15 is 0 Å². The molecule has 0 aromatic rings. The Morgan fingerprint density at radius 2 is 2.14 bits per heavy atom. The topological polar surface area (TPSA) is 55.8 Å². The van der Waals surface area contributed by atoms with Crippen LogP contribution in [0.5, 0.6) is 0 Å². The summed E-state index contributed by atoms with van der Waals surface area (Å²) in [6.07, 6.45) is 2.07. The fourth-order valence-corrected chi connectivity index (χ4v) is 2.15. The Balaban J connectivity index is 2.28. The average Bonchev–Trinajstić information content (AvgIpc) is 2.61. The van der Waals surface area contributed by atoms with Gasteiger partial charge >= 0.3 is 0 Å². The zero-order valence-electron chi connectivity index (χ0n) is 8.16. The lowest BCUT2D eigenvalue weighted by atomic mass is 9.82. The van der Waals surface area contributed by atoms with E-state index in [1.165, 1.54) is 0 Å². The van der Waals surface area contributed by atoms with Gasteiger partial charge in [0.25, 0.3) is 0 Å². The smallest absolute Gasteiger partial charge is 0.233 e. The van der Waals surface area contributed by atoms with Gasteiger partial charge in [-0.05, 0) is 12.3 Å². The molecule has 0 aromatic carbocycles. The molecule has 2 aliphatic rings. The van der Waals surface area contributed by atoms with Gasteiger partial charge in [0, 0.05) is 12.0 Å². The SMILES string of the molecule is CC1C/C(=C\O)C(=O)C2(C1)OCCO2. The summed E-state index contributed by atoms with van der Waals surface area (Å²) in [6.45, 7) is 2.93. The molecule has 78 valence electrons. The number of carbonyl (C=O) groups excluding carboxylic acids is 1. The minimum Gasteiger partial charge on any atom is -0.515 e. The zero-order chi connectivity index (χ0) is 10.2. The fraction of sp³-hybridized carbons (Fsp3) is 0.700. The normalized spacial score (nSPS) is 34.2. The fourth-order valence-electron chi connectivity index (χ4n) is 2.15. The van der Waals surface area contributed by atoms with Crippen molar-refractivity contribution in [3.8, 4) is 0 Å². The van der Waals surface area contributed by atoms with E-state index in [2.05, 4.69) is 0 Å². The van der Waals surface area contributed by atoms with Crippen LogP contribution in [0.15, 0.2) is 11.8 Å². The first-order valence-corrected chi connectivity index (χ1v) is 4.84. The molecule has 0 radical (unpaired) electrons. The second kappa shape index (κ2) is 3.37. The summed E-state index contributed by atoms with van der Waals surface area (Å²) in [6, 6.07) is 0. The average molecular weight is 198 g/mol. The van der Waals surface area contributed by atoms with E-state index in [0.29, 0.717) is 37.5 Å². The lowest BCUT2D eigenvalue weighted by Gasteiger charge is -2.34. The third-order valence-electron chi connectivity index (χ3n) is 2.73. The van der Waals surface area contributed by atoms with Crippen LogP contribution in [0, 0.1) is 5.92 Å². The zero-order valence-corrected chi connectivity index (χ0v) is 8.16. The van der Waals surface area contributed by atoms with Crippen molar-refractivity contribution in [2.75, 3.05) is 13.2 Å². The molecule has 2 rings (SSSR count). The number of aliphatic hydroxyl groups excluding tert-OH is 1. The molecule has 1 heterocycles. The van der Waals surface area contributed by atoms with Crippen molar-refractivity contribution in [2.45, 2.75) is 25.6 Å². The van der Waals surface area contributed by atoms with Crippen molar-refractivity contribution in [1.82, 2.24) is 0 Å². The summed E-state index contributed by atoms with van der Waals surface area (Å²) in [7, 11) is 0. The highest BCUT2D eigenvalue weighted by atomic mass is 16.7. The highest BCUT2D eigenvalue weighted by Crippen LogP contribution is 2.38. The van der Waals surface area contributed by atoms with Crippen LogP contribution in [0.1, 0.15) is 19.8 Å². The maximum absolute atomic E-state index is 11.8. The Hall–Kier alpha value is -0.870. The molecule has 0 bridgehead atoms. The van der Waals surface area contributed by atoms with Crippen LogP contribution in [0.4, 0.5) is 0 Å². The van der Waals surface area contributed by atoms with Gasteiger partial charge in [0.15, 0.2) is 0 Å². The van der Waals surface area contributed by atoms with Crippen molar-refractivity contribution in [1.29, 1.82) is 0 Å². The number of ether oxygens (including phenoxy) is 2. The Morgan fingerprint density at radius 1 is 1.50 bits per heavy atom. The van der Waals surface area contributed by atoms with Crippen molar-refractivity contribution in [3.05, 3.63) is 11.8 Å². The van der Waals surface area contributed by atoms with Gasteiger partial charge in [-0.2, -0.15) is 0 Å². The van der Waals surface area contributed by atoms with Crippen LogP contribution < -0.4 is 0 Å². The molecule has 0 aromatic heterocycles. The molecule has 4 nitrogen and oxygen atoms in total. The Morgan fingerprint density at radius 3 is 2.71 bits per heavy atom. The van der Waals surface area contributed by atoms with E-state index in [-0.39, 0.29) is 5.78 Å². The number of hydrogen-bond donors (Lipinski definition) is 1. The first-order valence-electron chi connectivity index (χ1n) is 4.84. The van der Waals surface area contributed by atoms with Crippen LogP contribution in [0.2, 0.25) is 0 Å². The van der Waals surface area contributed by atoms with E-state index in [0.717, 1.165) is 6.26 Å². The van der Waals surface area contributed by atoms with Gasteiger partial charge in [-0.1, -0.05) is 6.92 Å².